The van der Waals surface area contributed by atoms with Gasteiger partial charge >= 0.3 is 0 Å². The van der Waals surface area contributed by atoms with Crippen molar-refractivity contribution >= 4 is 10.8 Å². The van der Waals surface area contributed by atoms with Gasteiger partial charge in [-0.1, -0.05) is 102 Å². The van der Waals surface area contributed by atoms with E-state index in [0.717, 1.165) is 28.2 Å². The van der Waals surface area contributed by atoms with Gasteiger partial charge in [-0.15, -0.1) is 0 Å². The Balaban J connectivity index is 1.75. The van der Waals surface area contributed by atoms with E-state index < -0.39 is 0 Å². The molecule has 0 aliphatic rings. The number of rotatable bonds is 3. The third kappa shape index (κ3) is 4.95. The lowest BCUT2D eigenvalue weighted by molar-refractivity contribution is 0.569. The van der Waals surface area contributed by atoms with Crippen LogP contribution in [0.5, 0.6) is 0 Å². The molecule has 0 N–H and O–H groups in total. The summed E-state index contributed by atoms with van der Waals surface area (Å²) in [5.74, 6) is 0. The van der Waals surface area contributed by atoms with Crippen LogP contribution >= 0.6 is 0 Å². The fraction of sp³-hybridized carbons (Fsp3) is 0.235. The summed E-state index contributed by atoms with van der Waals surface area (Å²) in [6, 6.07) is 32.5. The molecule has 5 aromatic rings. The molecule has 0 atom stereocenters. The van der Waals surface area contributed by atoms with Crippen molar-refractivity contribution < 1.29 is 0 Å². The molecule has 0 spiro atoms. The monoisotopic (exact) mass is 470 g/mol. The molecule has 2 heteroatoms. The standard InChI is InChI=1S/C34H34N2/c1-33(2,3)28-18-26(19-29(22-28)34(4,5)6)27-20-31(36-32(21-27)30-13-9-10-16-35-30)25-15-14-23-11-7-8-12-24(23)17-25/h7-22H,1-6H3. The van der Waals surface area contributed by atoms with Crippen LogP contribution in [-0.4, -0.2) is 9.97 Å². The van der Waals surface area contributed by atoms with E-state index in [2.05, 4.69) is 119 Å². The van der Waals surface area contributed by atoms with Gasteiger partial charge in [0.2, 0.25) is 0 Å². The quantitative estimate of drug-likeness (QED) is 0.263. The van der Waals surface area contributed by atoms with E-state index in [-0.39, 0.29) is 10.8 Å². The molecule has 0 amide bonds. The first-order valence-electron chi connectivity index (χ1n) is 12.7. The van der Waals surface area contributed by atoms with Gasteiger partial charge in [0.25, 0.3) is 0 Å². The molecular weight excluding hydrogens is 436 g/mol. The highest BCUT2D eigenvalue weighted by atomic mass is 14.8. The fourth-order valence-electron chi connectivity index (χ4n) is 4.50. The molecule has 2 nitrogen and oxygen atoms in total. The van der Waals surface area contributed by atoms with Crippen LogP contribution in [-0.2, 0) is 10.8 Å². The summed E-state index contributed by atoms with van der Waals surface area (Å²) < 4.78 is 0. The molecule has 3 aromatic carbocycles. The van der Waals surface area contributed by atoms with E-state index in [1.807, 2.05) is 24.4 Å². The molecule has 0 saturated carbocycles. The maximum absolute atomic E-state index is 5.09. The first kappa shape index (κ1) is 23.9. The van der Waals surface area contributed by atoms with E-state index in [4.69, 9.17) is 4.98 Å². The predicted molar refractivity (Wildman–Crippen MR) is 153 cm³/mol. The number of benzene rings is 3. The Morgan fingerprint density at radius 3 is 1.72 bits per heavy atom. The highest BCUT2D eigenvalue weighted by molar-refractivity contribution is 5.87. The van der Waals surface area contributed by atoms with Crippen LogP contribution in [0.15, 0.2) is 97.2 Å². The van der Waals surface area contributed by atoms with Crippen molar-refractivity contribution in [3.05, 3.63) is 108 Å². The van der Waals surface area contributed by atoms with Gasteiger partial charge in [-0.05, 0) is 74.2 Å². The van der Waals surface area contributed by atoms with E-state index in [0.29, 0.717) is 0 Å². The molecule has 180 valence electrons. The van der Waals surface area contributed by atoms with Crippen molar-refractivity contribution in [2.24, 2.45) is 0 Å². The Kier molecular flexibility index (Phi) is 6.00. The van der Waals surface area contributed by atoms with Crippen LogP contribution in [0, 0.1) is 0 Å². The summed E-state index contributed by atoms with van der Waals surface area (Å²) in [5, 5.41) is 2.45. The fourth-order valence-corrected chi connectivity index (χ4v) is 4.50. The molecule has 5 rings (SSSR count). The number of nitrogens with zero attached hydrogens (tertiary/aromatic N) is 2. The number of aromatic nitrogens is 2. The van der Waals surface area contributed by atoms with Crippen molar-refractivity contribution in [3.63, 3.8) is 0 Å². The smallest absolute Gasteiger partial charge is 0.0899 e. The minimum atomic E-state index is 0.0496. The maximum atomic E-state index is 5.09. The first-order valence-corrected chi connectivity index (χ1v) is 12.7. The minimum Gasteiger partial charge on any atom is -0.255 e. The number of hydrogen-bond donors (Lipinski definition) is 0. The third-order valence-corrected chi connectivity index (χ3v) is 6.80. The van der Waals surface area contributed by atoms with Gasteiger partial charge < -0.3 is 0 Å². The van der Waals surface area contributed by atoms with Gasteiger partial charge in [-0.3, -0.25) is 4.98 Å². The average Bonchev–Trinajstić information content (AvgIpc) is 2.87. The molecule has 2 aromatic heterocycles. The lowest BCUT2D eigenvalue weighted by Gasteiger charge is -2.26. The Morgan fingerprint density at radius 2 is 1.08 bits per heavy atom. The van der Waals surface area contributed by atoms with E-state index >= 15 is 0 Å². The van der Waals surface area contributed by atoms with Gasteiger partial charge in [0.1, 0.15) is 0 Å². The van der Waals surface area contributed by atoms with E-state index in [9.17, 15) is 0 Å². The Hall–Kier alpha value is -3.78. The first-order chi connectivity index (χ1) is 17.1. The van der Waals surface area contributed by atoms with Crippen molar-refractivity contribution in [2.75, 3.05) is 0 Å². The van der Waals surface area contributed by atoms with E-state index in [1.165, 1.54) is 27.5 Å². The average molecular weight is 471 g/mol. The normalized spacial score (nSPS) is 12.2. The van der Waals surface area contributed by atoms with Gasteiger partial charge in [-0.2, -0.15) is 0 Å². The van der Waals surface area contributed by atoms with Crippen molar-refractivity contribution in [3.8, 4) is 33.8 Å². The lowest BCUT2D eigenvalue weighted by atomic mass is 9.79. The largest absolute Gasteiger partial charge is 0.255 e. The molecule has 2 heterocycles. The zero-order chi connectivity index (χ0) is 25.5. The zero-order valence-electron chi connectivity index (χ0n) is 22.1. The van der Waals surface area contributed by atoms with Crippen LogP contribution in [0.1, 0.15) is 52.7 Å². The highest BCUT2D eigenvalue weighted by Gasteiger charge is 2.21. The lowest BCUT2D eigenvalue weighted by Crippen LogP contribution is -2.16. The predicted octanol–water partition coefficient (Wildman–Crippen LogP) is 9.23. The topological polar surface area (TPSA) is 25.8 Å². The molecule has 0 aliphatic carbocycles. The Bertz CT molecular complexity index is 1500. The SMILES string of the molecule is CC(C)(C)c1cc(-c2cc(-c3ccc4ccccc4c3)nc(-c3ccccn3)c2)cc(C(C)(C)C)c1. The second kappa shape index (κ2) is 9.02. The summed E-state index contributed by atoms with van der Waals surface area (Å²) in [6.45, 7) is 13.7. The van der Waals surface area contributed by atoms with Gasteiger partial charge in [0.15, 0.2) is 0 Å². The summed E-state index contributed by atoms with van der Waals surface area (Å²) in [5.41, 5.74) is 8.98. The summed E-state index contributed by atoms with van der Waals surface area (Å²) >= 11 is 0. The highest BCUT2D eigenvalue weighted by Crippen LogP contribution is 2.36. The molecule has 0 bridgehead atoms. The maximum Gasteiger partial charge on any atom is 0.0899 e. The Morgan fingerprint density at radius 1 is 0.472 bits per heavy atom. The van der Waals surface area contributed by atoms with Crippen LogP contribution in [0.25, 0.3) is 44.5 Å². The van der Waals surface area contributed by atoms with Gasteiger partial charge in [0.05, 0.1) is 17.1 Å². The van der Waals surface area contributed by atoms with Crippen LogP contribution in [0.4, 0.5) is 0 Å². The molecule has 36 heavy (non-hydrogen) atoms. The van der Waals surface area contributed by atoms with Crippen LogP contribution in [0.3, 0.4) is 0 Å². The second-order valence-electron chi connectivity index (χ2n) is 11.7. The minimum absolute atomic E-state index is 0.0496. The van der Waals surface area contributed by atoms with E-state index in [1.54, 1.807) is 0 Å². The summed E-state index contributed by atoms with van der Waals surface area (Å²) in [6.07, 6.45) is 1.83. The molecule has 0 fully saturated rings. The van der Waals surface area contributed by atoms with Crippen LogP contribution < -0.4 is 0 Å². The summed E-state index contributed by atoms with van der Waals surface area (Å²) in [4.78, 5) is 9.71. The number of fused-ring (bicyclic) bond motifs is 1. The van der Waals surface area contributed by atoms with Gasteiger partial charge in [0, 0.05) is 11.8 Å². The number of pyridine rings is 2. The van der Waals surface area contributed by atoms with Crippen molar-refractivity contribution in [1.82, 2.24) is 9.97 Å². The van der Waals surface area contributed by atoms with Crippen molar-refractivity contribution in [2.45, 2.75) is 52.4 Å². The van der Waals surface area contributed by atoms with Crippen LogP contribution in [0.2, 0.25) is 0 Å². The zero-order valence-corrected chi connectivity index (χ0v) is 22.1. The molecule has 0 aliphatic heterocycles. The summed E-state index contributed by atoms with van der Waals surface area (Å²) in [7, 11) is 0. The second-order valence-corrected chi connectivity index (χ2v) is 11.7. The number of hydrogen-bond acceptors (Lipinski definition) is 2. The molecule has 0 saturated heterocycles. The molecular formula is C34H34N2. The molecule has 0 radical (unpaired) electrons. The molecule has 0 unspecified atom stereocenters. The van der Waals surface area contributed by atoms with Gasteiger partial charge in [-0.25, -0.2) is 4.98 Å². The third-order valence-electron chi connectivity index (χ3n) is 6.80. The van der Waals surface area contributed by atoms with Crippen molar-refractivity contribution in [1.29, 1.82) is 0 Å². The Labute approximate surface area is 215 Å².